The van der Waals surface area contributed by atoms with Crippen molar-refractivity contribution in [3.05, 3.63) is 41.1 Å². The molecule has 0 spiro atoms. The summed E-state index contributed by atoms with van der Waals surface area (Å²) in [5, 5.41) is 14.3. The van der Waals surface area contributed by atoms with E-state index in [0.29, 0.717) is 0 Å². The van der Waals surface area contributed by atoms with E-state index in [1.54, 1.807) is 0 Å². The molecule has 1 heterocycles. The Labute approximate surface area is 138 Å². The van der Waals surface area contributed by atoms with Gasteiger partial charge in [0, 0.05) is 18.3 Å². The molecule has 0 unspecified atom stereocenters. The number of rotatable bonds is 6. The summed E-state index contributed by atoms with van der Waals surface area (Å²) < 4.78 is 39.1. The first-order valence-corrected chi connectivity index (χ1v) is 7.51. The number of nitrogens with one attached hydrogen (secondary N) is 2. The SMILES string of the molecule is CCc1cccc(C)c1Nc1cc(C(F)(F)F)nc(NCCO)n1. The van der Waals surface area contributed by atoms with Gasteiger partial charge in [-0.15, -0.1) is 0 Å². The lowest BCUT2D eigenvalue weighted by Crippen LogP contribution is -2.15. The molecule has 2 rings (SSSR count). The molecular formula is C16H19F3N4O. The van der Waals surface area contributed by atoms with Crippen LogP contribution in [0.5, 0.6) is 0 Å². The van der Waals surface area contributed by atoms with Gasteiger partial charge < -0.3 is 15.7 Å². The van der Waals surface area contributed by atoms with E-state index in [4.69, 9.17) is 5.11 Å². The molecule has 0 bridgehead atoms. The standard InChI is InChI=1S/C16H19F3N4O/c1-3-11-6-4-5-10(2)14(11)22-13-9-12(16(17,18)19)21-15(23-13)20-7-8-24/h4-6,9,24H,3,7-8H2,1-2H3,(H2,20,21,22,23). The van der Waals surface area contributed by atoms with E-state index in [1.165, 1.54) is 0 Å². The number of aliphatic hydroxyl groups is 1. The normalized spacial score (nSPS) is 11.4. The zero-order chi connectivity index (χ0) is 17.7. The predicted molar refractivity (Wildman–Crippen MR) is 86.4 cm³/mol. The molecule has 0 atom stereocenters. The molecule has 0 saturated carbocycles. The number of hydrogen-bond donors (Lipinski definition) is 3. The Balaban J connectivity index is 2.42. The summed E-state index contributed by atoms with van der Waals surface area (Å²) in [6, 6.07) is 6.55. The molecule has 1 aromatic carbocycles. The Bertz CT molecular complexity index is 704. The van der Waals surface area contributed by atoms with Crippen LogP contribution in [-0.4, -0.2) is 28.2 Å². The number of para-hydroxylation sites is 1. The molecule has 0 radical (unpaired) electrons. The van der Waals surface area contributed by atoms with Gasteiger partial charge in [0.05, 0.1) is 6.61 Å². The van der Waals surface area contributed by atoms with Crippen molar-refractivity contribution in [1.29, 1.82) is 0 Å². The summed E-state index contributed by atoms with van der Waals surface area (Å²) in [6.07, 6.45) is -3.86. The average molecular weight is 340 g/mol. The molecule has 130 valence electrons. The monoisotopic (exact) mass is 340 g/mol. The van der Waals surface area contributed by atoms with Crippen LogP contribution >= 0.6 is 0 Å². The zero-order valence-corrected chi connectivity index (χ0v) is 13.4. The summed E-state index contributed by atoms with van der Waals surface area (Å²) in [7, 11) is 0. The fourth-order valence-corrected chi connectivity index (χ4v) is 2.23. The summed E-state index contributed by atoms with van der Waals surface area (Å²) >= 11 is 0. The van der Waals surface area contributed by atoms with Crippen LogP contribution in [0.1, 0.15) is 23.7 Å². The molecule has 0 aliphatic rings. The molecule has 8 heteroatoms. The van der Waals surface area contributed by atoms with Crippen LogP contribution in [0.2, 0.25) is 0 Å². The van der Waals surface area contributed by atoms with Gasteiger partial charge in [0.25, 0.3) is 0 Å². The first-order valence-electron chi connectivity index (χ1n) is 7.51. The highest BCUT2D eigenvalue weighted by Crippen LogP contribution is 2.31. The van der Waals surface area contributed by atoms with E-state index in [1.807, 2.05) is 32.0 Å². The molecule has 3 N–H and O–H groups in total. The average Bonchev–Trinajstić information content (AvgIpc) is 2.54. The number of benzene rings is 1. The largest absolute Gasteiger partial charge is 0.433 e. The topological polar surface area (TPSA) is 70.1 Å². The molecule has 0 saturated heterocycles. The Kier molecular flexibility index (Phi) is 5.61. The maximum Gasteiger partial charge on any atom is 0.433 e. The lowest BCUT2D eigenvalue weighted by atomic mass is 10.1. The zero-order valence-electron chi connectivity index (χ0n) is 13.4. The molecule has 0 aliphatic heterocycles. The Morgan fingerprint density at radius 2 is 1.96 bits per heavy atom. The van der Waals surface area contributed by atoms with Crippen LogP contribution in [0.15, 0.2) is 24.3 Å². The highest BCUT2D eigenvalue weighted by molar-refractivity contribution is 5.65. The van der Waals surface area contributed by atoms with Crippen LogP contribution in [0.4, 0.5) is 30.6 Å². The summed E-state index contributed by atoms with van der Waals surface area (Å²) in [4.78, 5) is 7.50. The van der Waals surface area contributed by atoms with Crippen molar-refractivity contribution < 1.29 is 18.3 Å². The number of aromatic nitrogens is 2. The number of aliphatic hydroxyl groups excluding tert-OH is 1. The van der Waals surface area contributed by atoms with Crippen LogP contribution in [0, 0.1) is 6.92 Å². The molecule has 5 nitrogen and oxygen atoms in total. The van der Waals surface area contributed by atoms with Crippen LogP contribution in [-0.2, 0) is 12.6 Å². The lowest BCUT2D eigenvalue weighted by Gasteiger charge is -2.16. The number of hydrogen-bond acceptors (Lipinski definition) is 5. The van der Waals surface area contributed by atoms with Gasteiger partial charge in [-0.3, -0.25) is 0 Å². The van der Waals surface area contributed by atoms with Crippen LogP contribution in [0.25, 0.3) is 0 Å². The molecule has 24 heavy (non-hydrogen) atoms. The third-order valence-electron chi connectivity index (χ3n) is 3.40. The van der Waals surface area contributed by atoms with Gasteiger partial charge in [0.15, 0.2) is 5.69 Å². The quantitative estimate of drug-likeness (QED) is 0.751. The van der Waals surface area contributed by atoms with E-state index in [0.717, 1.165) is 29.3 Å². The van der Waals surface area contributed by atoms with E-state index in [2.05, 4.69) is 20.6 Å². The van der Waals surface area contributed by atoms with Crippen molar-refractivity contribution in [2.45, 2.75) is 26.4 Å². The number of halogens is 3. The highest BCUT2D eigenvalue weighted by atomic mass is 19.4. The van der Waals surface area contributed by atoms with Gasteiger partial charge in [-0.1, -0.05) is 25.1 Å². The van der Waals surface area contributed by atoms with Crippen molar-refractivity contribution in [2.24, 2.45) is 0 Å². The Hall–Kier alpha value is -2.35. The molecule has 0 amide bonds. The van der Waals surface area contributed by atoms with Crippen molar-refractivity contribution in [3.63, 3.8) is 0 Å². The van der Waals surface area contributed by atoms with Crippen LogP contribution in [0.3, 0.4) is 0 Å². The smallest absolute Gasteiger partial charge is 0.395 e. The Morgan fingerprint density at radius 3 is 2.58 bits per heavy atom. The second-order valence-electron chi connectivity index (χ2n) is 5.20. The van der Waals surface area contributed by atoms with Crippen molar-refractivity contribution in [2.75, 3.05) is 23.8 Å². The van der Waals surface area contributed by atoms with Gasteiger partial charge in [-0.2, -0.15) is 18.2 Å². The van der Waals surface area contributed by atoms with E-state index >= 15 is 0 Å². The predicted octanol–water partition coefficient (Wildman–Crippen LogP) is 3.51. The minimum atomic E-state index is -4.59. The first kappa shape index (κ1) is 18.0. The van der Waals surface area contributed by atoms with E-state index in [-0.39, 0.29) is 24.9 Å². The summed E-state index contributed by atoms with van der Waals surface area (Å²) in [5.41, 5.74) is 1.57. The summed E-state index contributed by atoms with van der Waals surface area (Å²) in [5.74, 6) is -0.144. The molecular weight excluding hydrogens is 321 g/mol. The second-order valence-corrected chi connectivity index (χ2v) is 5.20. The van der Waals surface area contributed by atoms with E-state index in [9.17, 15) is 13.2 Å². The van der Waals surface area contributed by atoms with Gasteiger partial charge in [0.2, 0.25) is 5.95 Å². The maximum absolute atomic E-state index is 13.0. The number of alkyl halides is 3. The first-order chi connectivity index (χ1) is 11.3. The third-order valence-corrected chi connectivity index (χ3v) is 3.40. The minimum Gasteiger partial charge on any atom is -0.395 e. The van der Waals surface area contributed by atoms with Gasteiger partial charge in [-0.25, -0.2) is 4.98 Å². The van der Waals surface area contributed by atoms with Crippen LogP contribution < -0.4 is 10.6 Å². The van der Waals surface area contributed by atoms with Gasteiger partial charge in [-0.05, 0) is 24.5 Å². The second kappa shape index (κ2) is 7.48. The molecule has 0 aliphatic carbocycles. The van der Waals surface area contributed by atoms with Gasteiger partial charge in [0.1, 0.15) is 5.82 Å². The fraction of sp³-hybridized carbons (Fsp3) is 0.375. The number of nitrogens with zero attached hydrogens (tertiary/aromatic N) is 2. The minimum absolute atomic E-state index is 0.0433. The maximum atomic E-state index is 13.0. The lowest BCUT2D eigenvalue weighted by molar-refractivity contribution is -0.141. The Morgan fingerprint density at radius 1 is 1.21 bits per heavy atom. The van der Waals surface area contributed by atoms with E-state index < -0.39 is 11.9 Å². The summed E-state index contributed by atoms with van der Waals surface area (Å²) in [6.45, 7) is 3.67. The van der Waals surface area contributed by atoms with Gasteiger partial charge >= 0.3 is 6.18 Å². The fourth-order valence-electron chi connectivity index (χ4n) is 2.23. The van der Waals surface area contributed by atoms with Crippen molar-refractivity contribution in [1.82, 2.24) is 9.97 Å². The number of aryl methyl sites for hydroxylation is 2. The highest BCUT2D eigenvalue weighted by Gasteiger charge is 2.33. The van der Waals surface area contributed by atoms with Crippen molar-refractivity contribution in [3.8, 4) is 0 Å². The number of anilines is 3. The molecule has 1 aromatic heterocycles. The molecule has 2 aromatic rings. The third kappa shape index (κ3) is 4.35. The molecule has 0 fully saturated rings. The van der Waals surface area contributed by atoms with Crippen molar-refractivity contribution >= 4 is 17.5 Å².